The largest absolute Gasteiger partial charge is 0.480 e. The third-order valence-corrected chi connectivity index (χ3v) is 3.44. The van der Waals surface area contributed by atoms with Gasteiger partial charge in [0.1, 0.15) is 6.54 Å². The summed E-state index contributed by atoms with van der Waals surface area (Å²) in [7, 11) is 0. The van der Waals surface area contributed by atoms with Gasteiger partial charge in [0.25, 0.3) is 5.91 Å². The average Bonchev–Trinajstić information content (AvgIpc) is 2.53. The van der Waals surface area contributed by atoms with Gasteiger partial charge in [-0.05, 0) is 12.8 Å². The molecular formula is C18H21N3O3. The Bertz CT molecular complexity index is 730. The molecule has 0 unspecified atom stereocenters. The highest BCUT2D eigenvalue weighted by Crippen LogP contribution is 2.17. The number of hydrogen-bond acceptors (Lipinski definition) is 4. The molecule has 0 aliphatic heterocycles. The standard InChI is InChI=1S/C18H21N3O3/c1-12(2)10-21(11-16(22)23)18(24)15-9-19-17(20-13(15)3)14-7-5-4-6-8-14/h4-9,12H,10-11H2,1-3H3,(H,22,23). The smallest absolute Gasteiger partial charge is 0.323 e. The molecule has 1 aromatic carbocycles. The Morgan fingerprint density at radius 1 is 1.21 bits per heavy atom. The van der Waals surface area contributed by atoms with Gasteiger partial charge in [-0.2, -0.15) is 0 Å². The minimum absolute atomic E-state index is 0.165. The monoisotopic (exact) mass is 327 g/mol. The Kier molecular flexibility index (Phi) is 5.63. The number of carbonyl (C=O) groups excluding carboxylic acids is 1. The van der Waals surface area contributed by atoms with Crippen molar-refractivity contribution in [3.05, 3.63) is 47.8 Å². The van der Waals surface area contributed by atoms with Crippen molar-refractivity contribution in [2.24, 2.45) is 5.92 Å². The van der Waals surface area contributed by atoms with E-state index in [9.17, 15) is 9.59 Å². The molecule has 0 saturated carbocycles. The van der Waals surface area contributed by atoms with Gasteiger partial charge in [0.2, 0.25) is 0 Å². The van der Waals surface area contributed by atoms with Crippen LogP contribution < -0.4 is 0 Å². The third kappa shape index (κ3) is 4.38. The van der Waals surface area contributed by atoms with E-state index < -0.39 is 5.97 Å². The van der Waals surface area contributed by atoms with Gasteiger partial charge >= 0.3 is 5.97 Å². The summed E-state index contributed by atoms with van der Waals surface area (Å²) in [4.78, 5) is 33.7. The highest BCUT2D eigenvalue weighted by atomic mass is 16.4. The van der Waals surface area contributed by atoms with Crippen LogP contribution in [0.1, 0.15) is 29.9 Å². The number of aryl methyl sites for hydroxylation is 1. The number of carboxylic acids is 1. The summed E-state index contributed by atoms with van der Waals surface area (Å²) in [6, 6.07) is 9.48. The Balaban J connectivity index is 2.30. The molecule has 0 spiro atoms. The maximum Gasteiger partial charge on any atom is 0.323 e. The summed E-state index contributed by atoms with van der Waals surface area (Å²) in [5, 5.41) is 9.03. The molecule has 0 bridgehead atoms. The first-order chi connectivity index (χ1) is 11.4. The number of amides is 1. The molecule has 126 valence electrons. The molecule has 1 heterocycles. The lowest BCUT2D eigenvalue weighted by Crippen LogP contribution is -2.38. The zero-order chi connectivity index (χ0) is 17.7. The second kappa shape index (κ2) is 7.68. The molecule has 0 atom stereocenters. The zero-order valence-corrected chi connectivity index (χ0v) is 14.1. The molecule has 1 aromatic heterocycles. The summed E-state index contributed by atoms with van der Waals surface area (Å²) in [5.74, 6) is -0.692. The predicted octanol–water partition coefficient (Wildman–Crippen LogP) is 2.63. The van der Waals surface area contributed by atoms with Crippen LogP contribution in [-0.2, 0) is 4.79 Å². The number of hydrogen-bond donors (Lipinski definition) is 1. The first kappa shape index (κ1) is 17.6. The van der Waals surface area contributed by atoms with Gasteiger partial charge in [0.15, 0.2) is 5.82 Å². The molecule has 2 aromatic rings. The number of nitrogens with zero attached hydrogens (tertiary/aromatic N) is 3. The summed E-state index contributed by atoms with van der Waals surface area (Å²) >= 11 is 0. The van der Waals surface area contributed by atoms with Crippen LogP contribution in [0.25, 0.3) is 11.4 Å². The summed E-state index contributed by atoms with van der Waals surface area (Å²) in [5.41, 5.74) is 1.73. The third-order valence-electron chi connectivity index (χ3n) is 3.44. The molecular weight excluding hydrogens is 306 g/mol. The molecule has 24 heavy (non-hydrogen) atoms. The van der Waals surface area contributed by atoms with Crippen LogP contribution in [0.3, 0.4) is 0 Å². The fourth-order valence-corrected chi connectivity index (χ4v) is 2.40. The van der Waals surface area contributed by atoms with Crippen LogP contribution >= 0.6 is 0 Å². The van der Waals surface area contributed by atoms with E-state index in [1.54, 1.807) is 6.92 Å². The Morgan fingerprint density at radius 3 is 2.42 bits per heavy atom. The second-order valence-corrected chi connectivity index (χ2v) is 6.03. The number of rotatable bonds is 6. The van der Waals surface area contributed by atoms with E-state index in [-0.39, 0.29) is 18.4 Å². The van der Waals surface area contributed by atoms with Gasteiger partial charge in [-0.3, -0.25) is 9.59 Å². The lowest BCUT2D eigenvalue weighted by Gasteiger charge is -2.23. The Hall–Kier alpha value is -2.76. The van der Waals surface area contributed by atoms with Crippen molar-refractivity contribution < 1.29 is 14.7 Å². The van der Waals surface area contributed by atoms with Gasteiger partial charge in [-0.1, -0.05) is 44.2 Å². The zero-order valence-electron chi connectivity index (χ0n) is 14.1. The number of aliphatic carboxylic acids is 1. The highest BCUT2D eigenvalue weighted by molar-refractivity contribution is 5.96. The van der Waals surface area contributed by atoms with E-state index in [2.05, 4.69) is 9.97 Å². The molecule has 1 N–H and O–H groups in total. The fourth-order valence-electron chi connectivity index (χ4n) is 2.40. The minimum Gasteiger partial charge on any atom is -0.480 e. The molecule has 1 amide bonds. The van der Waals surface area contributed by atoms with Crippen LogP contribution in [0, 0.1) is 12.8 Å². The Morgan fingerprint density at radius 2 is 1.88 bits per heavy atom. The lowest BCUT2D eigenvalue weighted by molar-refractivity contribution is -0.137. The van der Waals surface area contributed by atoms with E-state index in [0.717, 1.165) is 5.56 Å². The number of carbonyl (C=O) groups is 2. The van der Waals surface area contributed by atoms with Crippen LogP contribution in [0.5, 0.6) is 0 Å². The number of aromatic nitrogens is 2. The second-order valence-electron chi connectivity index (χ2n) is 6.03. The van der Waals surface area contributed by atoms with Crippen LogP contribution in [0.2, 0.25) is 0 Å². The predicted molar refractivity (Wildman–Crippen MR) is 90.6 cm³/mol. The van der Waals surface area contributed by atoms with Gasteiger partial charge < -0.3 is 10.0 Å². The summed E-state index contributed by atoms with van der Waals surface area (Å²) < 4.78 is 0. The molecule has 0 saturated heterocycles. The molecule has 0 radical (unpaired) electrons. The molecule has 6 nitrogen and oxygen atoms in total. The van der Waals surface area contributed by atoms with Crippen molar-refractivity contribution in [1.82, 2.24) is 14.9 Å². The van der Waals surface area contributed by atoms with Crippen LogP contribution in [0.15, 0.2) is 36.5 Å². The molecule has 0 fully saturated rings. The fraction of sp³-hybridized carbons (Fsp3) is 0.333. The van der Waals surface area contributed by atoms with Gasteiger partial charge in [0, 0.05) is 18.3 Å². The van der Waals surface area contributed by atoms with Crippen LogP contribution in [0.4, 0.5) is 0 Å². The van der Waals surface area contributed by atoms with Crippen molar-refractivity contribution in [2.75, 3.05) is 13.1 Å². The summed E-state index contributed by atoms with van der Waals surface area (Å²) in [6.45, 7) is 5.63. The SMILES string of the molecule is Cc1nc(-c2ccccc2)ncc1C(=O)N(CC(=O)O)CC(C)C. The van der Waals surface area contributed by atoms with Crippen molar-refractivity contribution >= 4 is 11.9 Å². The maximum atomic E-state index is 12.7. The molecule has 0 aliphatic rings. The maximum absolute atomic E-state index is 12.7. The van der Waals surface area contributed by atoms with Crippen molar-refractivity contribution in [2.45, 2.75) is 20.8 Å². The Labute approximate surface area is 141 Å². The van der Waals surface area contributed by atoms with Crippen LogP contribution in [-0.4, -0.2) is 44.9 Å². The first-order valence-corrected chi connectivity index (χ1v) is 7.78. The van der Waals surface area contributed by atoms with Gasteiger partial charge in [0.05, 0.1) is 11.3 Å². The van der Waals surface area contributed by atoms with E-state index in [1.807, 2.05) is 44.2 Å². The van der Waals surface area contributed by atoms with Crippen molar-refractivity contribution in [3.8, 4) is 11.4 Å². The highest BCUT2D eigenvalue weighted by Gasteiger charge is 2.22. The average molecular weight is 327 g/mol. The van der Waals surface area contributed by atoms with E-state index >= 15 is 0 Å². The quantitative estimate of drug-likeness (QED) is 0.882. The molecule has 0 aliphatic carbocycles. The lowest BCUT2D eigenvalue weighted by atomic mass is 10.1. The van der Waals surface area contributed by atoms with Gasteiger partial charge in [-0.25, -0.2) is 9.97 Å². The van der Waals surface area contributed by atoms with Gasteiger partial charge in [-0.15, -0.1) is 0 Å². The topological polar surface area (TPSA) is 83.4 Å². The minimum atomic E-state index is -1.04. The van der Waals surface area contributed by atoms with E-state index in [4.69, 9.17) is 5.11 Å². The number of carboxylic acid groups (broad SMARTS) is 1. The van der Waals surface area contributed by atoms with Crippen molar-refractivity contribution in [3.63, 3.8) is 0 Å². The number of benzene rings is 1. The van der Waals surface area contributed by atoms with Crippen molar-refractivity contribution in [1.29, 1.82) is 0 Å². The normalized spacial score (nSPS) is 10.7. The summed E-state index contributed by atoms with van der Waals surface area (Å²) in [6.07, 6.45) is 1.47. The molecule has 6 heteroatoms. The van der Waals surface area contributed by atoms with E-state index in [0.29, 0.717) is 23.6 Å². The van der Waals surface area contributed by atoms with E-state index in [1.165, 1.54) is 11.1 Å². The first-order valence-electron chi connectivity index (χ1n) is 7.78. The molecule has 2 rings (SSSR count).